The summed E-state index contributed by atoms with van der Waals surface area (Å²) in [7, 11) is 0. The van der Waals surface area contributed by atoms with E-state index in [1.807, 2.05) is 17.9 Å². The Hall–Kier alpha value is -1.20. The Labute approximate surface area is 137 Å². The summed E-state index contributed by atoms with van der Waals surface area (Å²) in [6, 6.07) is 0. The summed E-state index contributed by atoms with van der Waals surface area (Å²) in [5, 5.41) is 3.31. The number of hydrogen-bond acceptors (Lipinski definition) is 4. The molecular weight excluding hydrogens is 296 g/mol. The van der Waals surface area contributed by atoms with Crippen molar-refractivity contribution >= 4 is 17.2 Å². The van der Waals surface area contributed by atoms with E-state index >= 15 is 0 Å². The van der Waals surface area contributed by atoms with E-state index in [1.54, 1.807) is 11.3 Å². The van der Waals surface area contributed by atoms with Gasteiger partial charge in [-0.1, -0.05) is 13.0 Å². The Kier molecular flexibility index (Phi) is 6.58. The highest BCUT2D eigenvalue weighted by molar-refractivity contribution is 7.09. The van der Waals surface area contributed by atoms with Crippen LogP contribution in [0.2, 0.25) is 0 Å². The van der Waals surface area contributed by atoms with Gasteiger partial charge in [0.25, 0.3) is 5.91 Å². The fourth-order valence-corrected chi connectivity index (χ4v) is 3.74. The number of thiazole rings is 1. The Morgan fingerprint density at radius 1 is 1.68 bits per heavy atom. The van der Waals surface area contributed by atoms with Gasteiger partial charge in [-0.25, -0.2) is 4.98 Å². The fourth-order valence-electron chi connectivity index (χ4n) is 2.71. The summed E-state index contributed by atoms with van der Waals surface area (Å²) >= 11 is 1.73. The molecule has 0 spiro atoms. The van der Waals surface area contributed by atoms with Crippen molar-refractivity contribution in [3.05, 3.63) is 28.7 Å². The van der Waals surface area contributed by atoms with E-state index in [0.717, 1.165) is 44.5 Å². The molecule has 5 heteroatoms. The molecule has 1 fully saturated rings. The first-order valence-electron chi connectivity index (χ1n) is 8.11. The van der Waals surface area contributed by atoms with Crippen molar-refractivity contribution in [3.8, 4) is 0 Å². The Bertz CT molecular complexity index is 501. The van der Waals surface area contributed by atoms with Crippen LogP contribution in [0, 0.1) is 0 Å². The third-order valence-electron chi connectivity index (χ3n) is 4.05. The van der Waals surface area contributed by atoms with E-state index in [2.05, 4.69) is 23.9 Å². The maximum Gasteiger partial charge on any atom is 0.251 e. The normalized spacial score (nSPS) is 19.9. The van der Waals surface area contributed by atoms with Gasteiger partial charge in [-0.2, -0.15) is 0 Å². The predicted molar refractivity (Wildman–Crippen MR) is 90.3 cm³/mol. The number of aryl methyl sites for hydroxylation is 1. The van der Waals surface area contributed by atoms with Crippen LogP contribution in [0.5, 0.6) is 0 Å². The average molecular weight is 322 g/mol. The highest BCUT2D eigenvalue weighted by atomic mass is 32.1. The molecule has 0 saturated carbocycles. The molecule has 0 aromatic carbocycles. The van der Waals surface area contributed by atoms with Gasteiger partial charge in [0.1, 0.15) is 6.10 Å². The van der Waals surface area contributed by atoms with Crippen LogP contribution < -0.4 is 0 Å². The minimum absolute atomic E-state index is 0.0982. The highest BCUT2D eigenvalue weighted by Gasteiger charge is 2.29. The van der Waals surface area contributed by atoms with E-state index in [4.69, 9.17) is 4.74 Å². The minimum Gasteiger partial charge on any atom is -0.368 e. The van der Waals surface area contributed by atoms with Crippen molar-refractivity contribution in [3.63, 3.8) is 0 Å². The first kappa shape index (κ1) is 17.2. The molecule has 0 radical (unpaired) electrons. The third kappa shape index (κ3) is 4.40. The monoisotopic (exact) mass is 322 g/mol. The molecule has 1 aliphatic heterocycles. The number of ether oxygens (including phenoxy) is 1. The molecule has 2 rings (SSSR count). The van der Waals surface area contributed by atoms with Gasteiger partial charge < -0.3 is 9.64 Å². The number of nitrogens with zero attached hydrogens (tertiary/aromatic N) is 2. The molecule has 2 heterocycles. The fraction of sp³-hybridized carbons (Fsp3) is 0.647. The quantitative estimate of drug-likeness (QED) is 0.571. The molecule has 1 aromatic rings. The standard InChI is InChI=1S/C17H26N2O2S/c1-4-6-10-21-13(3)17(20)19-9-7-8-14(11-19)16-18-15(5-2)12-22-16/h4,12-14H,1,5-11H2,2-3H3/t13-,14+/m1/s1. The Morgan fingerprint density at radius 2 is 2.50 bits per heavy atom. The van der Waals surface area contributed by atoms with Gasteiger partial charge in [0.15, 0.2) is 0 Å². The van der Waals surface area contributed by atoms with Crippen molar-refractivity contribution in [1.29, 1.82) is 0 Å². The van der Waals surface area contributed by atoms with Gasteiger partial charge in [0.05, 0.1) is 17.3 Å². The second-order valence-corrected chi connectivity index (χ2v) is 6.63. The number of likely N-dealkylation sites (tertiary alicyclic amines) is 1. The molecule has 0 unspecified atom stereocenters. The van der Waals surface area contributed by atoms with Gasteiger partial charge in [-0.15, -0.1) is 17.9 Å². The Balaban J connectivity index is 1.91. The summed E-state index contributed by atoms with van der Waals surface area (Å²) in [4.78, 5) is 19.1. The maximum atomic E-state index is 12.5. The highest BCUT2D eigenvalue weighted by Crippen LogP contribution is 2.29. The third-order valence-corrected chi connectivity index (χ3v) is 5.11. The molecule has 0 N–H and O–H groups in total. The first-order valence-corrected chi connectivity index (χ1v) is 8.99. The van der Waals surface area contributed by atoms with Crippen molar-refractivity contribution < 1.29 is 9.53 Å². The molecule has 1 amide bonds. The van der Waals surface area contributed by atoms with Crippen LogP contribution in [0.25, 0.3) is 0 Å². The molecule has 0 aliphatic carbocycles. The number of carbonyl (C=O) groups is 1. The van der Waals surface area contributed by atoms with Crippen LogP contribution >= 0.6 is 11.3 Å². The number of rotatable bonds is 7. The predicted octanol–water partition coefficient (Wildman–Crippen LogP) is 3.39. The van der Waals surface area contributed by atoms with Crippen LogP contribution in [0.3, 0.4) is 0 Å². The number of carbonyl (C=O) groups excluding carboxylic acids is 1. The summed E-state index contributed by atoms with van der Waals surface area (Å²) in [5.41, 5.74) is 1.16. The largest absolute Gasteiger partial charge is 0.368 e. The lowest BCUT2D eigenvalue weighted by atomic mass is 9.98. The summed E-state index contributed by atoms with van der Waals surface area (Å²) in [6.45, 7) is 9.78. The topological polar surface area (TPSA) is 42.4 Å². The number of hydrogen-bond donors (Lipinski definition) is 0. The van der Waals surface area contributed by atoms with Gasteiger partial charge in [0.2, 0.25) is 0 Å². The lowest BCUT2D eigenvalue weighted by Crippen LogP contribution is -2.44. The lowest BCUT2D eigenvalue weighted by molar-refractivity contribution is -0.143. The molecule has 1 aromatic heterocycles. The molecule has 122 valence electrons. The SMILES string of the molecule is C=CCCO[C@H](C)C(=O)N1CCC[C@H](c2nc(CC)cs2)C1. The maximum absolute atomic E-state index is 12.5. The smallest absolute Gasteiger partial charge is 0.251 e. The first-order chi connectivity index (χ1) is 10.7. The van der Waals surface area contributed by atoms with Crippen molar-refractivity contribution in [2.45, 2.75) is 51.6 Å². The summed E-state index contributed by atoms with van der Waals surface area (Å²) in [5.74, 6) is 0.476. The molecule has 2 atom stereocenters. The zero-order chi connectivity index (χ0) is 15.9. The number of piperidine rings is 1. The van der Waals surface area contributed by atoms with E-state index < -0.39 is 0 Å². The number of aromatic nitrogens is 1. The molecular formula is C17H26N2O2S. The van der Waals surface area contributed by atoms with E-state index in [1.165, 1.54) is 5.01 Å². The second kappa shape index (κ2) is 8.44. The van der Waals surface area contributed by atoms with E-state index in [-0.39, 0.29) is 12.0 Å². The average Bonchev–Trinajstić information content (AvgIpc) is 3.03. The van der Waals surface area contributed by atoms with E-state index in [0.29, 0.717) is 12.5 Å². The molecule has 1 aliphatic rings. The van der Waals surface area contributed by atoms with Gasteiger partial charge in [-0.3, -0.25) is 4.79 Å². The Morgan fingerprint density at radius 3 is 3.18 bits per heavy atom. The van der Waals surface area contributed by atoms with Gasteiger partial charge in [-0.05, 0) is 32.6 Å². The van der Waals surface area contributed by atoms with Crippen molar-refractivity contribution in [1.82, 2.24) is 9.88 Å². The molecule has 1 saturated heterocycles. The summed E-state index contributed by atoms with van der Waals surface area (Å²) < 4.78 is 5.58. The summed E-state index contributed by atoms with van der Waals surface area (Å²) in [6.07, 6.45) is 5.34. The van der Waals surface area contributed by atoms with Gasteiger partial charge in [0, 0.05) is 24.4 Å². The minimum atomic E-state index is -0.374. The number of amides is 1. The van der Waals surface area contributed by atoms with E-state index in [9.17, 15) is 4.79 Å². The van der Waals surface area contributed by atoms with Crippen molar-refractivity contribution in [2.75, 3.05) is 19.7 Å². The second-order valence-electron chi connectivity index (χ2n) is 5.74. The van der Waals surface area contributed by atoms with Crippen LogP contribution in [-0.4, -0.2) is 41.6 Å². The van der Waals surface area contributed by atoms with Crippen LogP contribution in [0.15, 0.2) is 18.0 Å². The molecule has 4 nitrogen and oxygen atoms in total. The lowest BCUT2D eigenvalue weighted by Gasteiger charge is -2.33. The van der Waals surface area contributed by atoms with Gasteiger partial charge >= 0.3 is 0 Å². The van der Waals surface area contributed by atoms with Crippen LogP contribution in [0.1, 0.15) is 49.7 Å². The van der Waals surface area contributed by atoms with Crippen LogP contribution in [-0.2, 0) is 16.0 Å². The zero-order valence-corrected chi connectivity index (χ0v) is 14.4. The molecule has 22 heavy (non-hydrogen) atoms. The molecule has 0 bridgehead atoms. The van der Waals surface area contributed by atoms with Crippen molar-refractivity contribution in [2.24, 2.45) is 0 Å². The zero-order valence-electron chi connectivity index (χ0n) is 13.6. The van der Waals surface area contributed by atoms with Crippen LogP contribution in [0.4, 0.5) is 0 Å².